The first-order valence-corrected chi connectivity index (χ1v) is 6.92. The van der Waals surface area contributed by atoms with E-state index in [0.29, 0.717) is 22.9 Å². The van der Waals surface area contributed by atoms with Gasteiger partial charge in [-0.25, -0.2) is 0 Å². The summed E-state index contributed by atoms with van der Waals surface area (Å²) < 4.78 is 45.9. The van der Waals surface area contributed by atoms with Crippen LogP contribution in [0.1, 0.15) is 22.9 Å². The van der Waals surface area contributed by atoms with Gasteiger partial charge in [-0.3, -0.25) is 0 Å². The van der Waals surface area contributed by atoms with Crippen LogP contribution in [0.25, 0.3) is 0 Å². The fourth-order valence-electron chi connectivity index (χ4n) is 2.06. The van der Waals surface area contributed by atoms with Crippen LogP contribution < -0.4 is 4.74 Å². The first-order valence-electron chi connectivity index (χ1n) is 6.10. The van der Waals surface area contributed by atoms with Crippen molar-refractivity contribution in [2.45, 2.75) is 24.4 Å². The second-order valence-electron chi connectivity index (χ2n) is 4.51. The van der Waals surface area contributed by atoms with Crippen molar-refractivity contribution in [2.24, 2.45) is 0 Å². The van der Waals surface area contributed by atoms with E-state index < -0.39 is 18.2 Å². The summed E-state index contributed by atoms with van der Waals surface area (Å²) >= 11 is 12.2. The summed E-state index contributed by atoms with van der Waals surface area (Å²) in [6, 6.07) is 3.50. The van der Waals surface area contributed by atoms with Gasteiger partial charge >= 0.3 is 6.18 Å². The zero-order chi connectivity index (χ0) is 14.8. The zero-order valence-electron chi connectivity index (χ0n) is 10.5. The van der Waals surface area contributed by atoms with E-state index >= 15 is 0 Å². The second kappa shape index (κ2) is 6.41. The van der Waals surface area contributed by atoms with Crippen LogP contribution >= 0.6 is 23.2 Å². The molecule has 0 aliphatic carbocycles. The molecule has 1 aliphatic heterocycles. The molecule has 0 N–H and O–H groups in total. The smallest absolute Gasteiger partial charge is 0.411 e. The van der Waals surface area contributed by atoms with Crippen molar-refractivity contribution in [3.8, 4) is 5.75 Å². The van der Waals surface area contributed by atoms with E-state index in [4.69, 9.17) is 27.9 Å². The molecule has 1 heterocycles. The standard InChI is InChI=1S/C13H13Cl2F3O2/c14-9-5-8-1-4-20-12(8)10(6-9)11(15)2-3-19-7-13(16,17)18/h5-6,11H,1-4,7H2. The van der Waals surface area contributed by atoms with Crippen molar-refractivity contribution in [1.29, 1.82) is 0 Å². The van der Waals surface area contributed by atoms with E-state index in [0.717, 1.165) is 12.0 Å². The van der Waals surface area contributed by atoms with E-state index in [9.17, 15) is 13.2 Å². The predicted molar refractivity (Wildman–Crippen MR) is 70.7 cm³/mol. The van der Waals surface area contributed by atoms with Crippen LogP contribution in [0, 0.1) is 0 Å². The molecule has 0 radical (unpaired) electrons. The van der Waals surface area contributed by atoms with Gasteiger partial charge in [0.25, 0.3) is 0 Å². The second-order valence-corrected chi connectivity index (χ2v) is 5.47. The molecule has 2 rings (SSSR count). The summed E-state index contributed by atoms with van der Waals surface area (Å²) in [6.45, 7) is -0.771. The lowest BCUT2D eigenvalue weighted by molar-refractivity contribution is -0.174. The first kappa shape index (κ1) is 15.7. The SMILES string of the molecule is FC(F)(F)COCCC(Cl)c1cc(Cl)cc2c1OCC2. The summed E-state index contributed by atoms with van der Waals surface area (Å²) in [5, 5.41) is 0.0555. The number of fused-ring (bicyclic) bond motifs is 1. The van der Waals surface area contributed by atoms with Gasteiger partial charge in [0.15, 0.2) is 0 Å². The lowest BCUT2D eigenvalue weighted by atomic mass is 10.0. The van der Waals surface area contributed by atoms with Crippen LogP contribution in [-0.2, 0) is 11.2 Å². The van der Waals surface area contributed by atoms with E-state index in [1.165, 1.54) is 0 Å². The molecule has 0 aromatic heterocycles. The molecule has 0 bridgehead atoms. The molecule has 0 spiro atoms. The minimum atomic E-state index is -4.32. The Morgan fingerprint density at radius 2 is 2.10 bits per heavy atom. The fourth-order valence-corrected chi connectivity index (χ4v) is 2.56. The fraction of sp³-hybridized carbons (Fsp3) is 0.538. The third-order valence-electron chi connectivity index (χ3n) is 2.90. The van der Waals surface area contributed by atoms with Gasteiger partial charge in [-0.05, 0) is 24.1 Å². The van der Waals surface area contributed by atoms with Gasteiger partial charge in [0.1, 0.15) is 12.4 Å². The number of hydrogen-bond donors (Lipinski definition) is 0. The Bertz CT molecular complexity index is 477. The average Bonchev–Trinajstić information content (AvgIpc) is 2.80. The minimum absolute atomic E-state index is 0.0744. The molecule has 1 aromatic rings. The van der Waals surface area contributed by atoms with Gasteiger partial charge < -0.3 is 9.47 Å². The molecule has 0 saturated heterocycles. The Hall–Kier alpha value is -0.650. The highest BCUT2D eigenvalue weighted by Gasteiger charge is 2.28. The number of hydrogen-bond acceptors (Lipinski definition) is 2. The van der Waals surface area contributed by atoms with E-state index in [1.807, 2.05) is 6.07 Å². The lowest BCUT2D eigenvalue weighted by Gasteiger charge is -2.15. The van der Waals surface area contributed by atoms with Gasteiger partial charge in [-0.1, -0.05) is 11.6 Å². The monoisotopic (exact) mass is 328 g/mol. The molecule has 112 valence electrons. The maximum Gasteiger partial charge on any atom is 0.411 e. The Morgan fingerprint density at radius 1 is 1.35 bits per heavy atom. The van der Waals surface area contributed by atoms with Gasteiger partial charge in [-0.15, -0.1) is 11.6 Å². The molecule has 0 fully saturated rings. The summed E-state index contributed by atoms with van der Waals surface area (Å²) in [6.07, 6.45) is -3.30. The summed E-state index contributed by atoms with van der Waals surface area (Å²) in [4.78, 5) is 0. The Balaban J connectivity index is 1.95. The van der Waals surface area contributed by atoms with Crippen molar-refractivity contribution in [3.05, 3.63) is 28.3 Å². The van der Waals surface area contributed by atoms with Crippen LogP contribution in [-0.4, -0.2) is 26.0 Å². The van der Waals surface area contributed by atoms with Crippen molar-refractivity contribution >= 4 is 23.2 Å². The van der Waals surface area contributed by atoms with Crippen LogP contribution in [0.4, 0.5) is 13.2 Å². The topological polar surface area (TPSA) is 18.5 Å². The van der Waals surface area contributed by atoms with Gasteiger partial charge in [-0.2, -0.15) is 13.2 Å². The number of alkyl halides is 4. The van der Waals surface area contributed by atoms with E-state index in [1.54, 1.807) is 6.07 Å². The van der Waals surface area contributed by atoms with Crippen LogP contribution in [0.2, 0.25) is 5.02 Å². The maximum absolute atomic E-state index is 11.9. The molecule has 0 saturated carbocycles. The number of benzene rings is 1. The first-order chi connectivity index (χ1) is 9.37. The largest absolute Gasteiger partial charge is 0.493 e. The molecule has 2 nitrogen and oxygen atoms in total. The Labute approximate surface area is 124 Å². The highest BCUT2D eigenvalue weighted by atomic mass is 35.5. The Morgan fingerprint density at radius 3 is 2.80 bits per heavy atom. The summed E-state index contributed by atoms with van der Waals surface area (Å²) in [5.74, 6) is 0.699. The molecule has 20 heavy (non-hydrogen) atoms. The van der Waals surface area contributed by atoms with Crippen molar-refractivity contribution in [1.82, 2.24) is 0 Å². The third kappa shape index (κ3) is 4.17. The molecular formula is C13H13Cl2F3O2. The third-order valence-corrected chi connectivity index (χ3v) is 3.57. The van der Waals surface area contributed by atoms with Gasteiger partial charge in [0.2, 0.25) is 0 Å². The lowest BCUT2D eigenvalue weighted by Crippen LogP contribution is -2.17. The molecule has 1 aliphatic rings. The van der Waals surface area contributed by atoms with Gasteiger partial charge in [0.05, 0.1) is 12.0 Å². The quantitative estimate of drug-likeness (QED) is 0.584. The van der Waals surface area contributed by atoms with E-state index in [2.05, 4.69) is 4.74 Å². The maximum atomic E-state index is 11.9. The van der Waals surface area contributed by atoms with Crippen molar-refractivity contribution < 1.29 is 22.6 Å². The highest BCUT2D eigenvalue weighted by Crippen LogP contribution is 2.39. The number of ether oxygens (including phenoxy) is 2. The number of halogens is 5. The predicted octanol–water partition coefficient (Wildman–Crippen LogP) is 4.52. The van der Waals surface area contributed by atoms with Crippen LogP contribution in [0.3, 0.4) is 0 Å². The molecule has 0 amide bonds. The average molecular weight is 329 g/mol. The minimum Gasteiger partial charge on any atom is -0.493 e. The van der Waals surface area contributed by atoms with Crippen LogP contribution in [0.5, 0.6) is 5.75 Å². The summed E-state index contributed by atoms with van der Waals surface area (Å²) in [5.41, 5.74) is 1.69. The van der Waals surface area contributed by atoms with Gasteiger partial charge in [0, 0.05) is 23.6 Å². The zero-order valence-corrected chi connectivity index (χ0v) is 12.0. The van der Waals surface area contributed by atoms with E-state index in [-0.39, 0.29) is 13.0 Å². The molecular weight excluding hydrogens is 316 g/mol. The van der Waals surface area contributed by atoms with Crippen LogP contribution in [0.15, 0.2) is 12.1 Å². The normalized spacial score (nSPS) is 15.8. The molecule has 1 unspecified atom stereocenters. The molecule has 1 atom stereocenters. The summed E-state index contributed by atoms with van der Waals surface area (Å²) in [7, 11) is 0. The molecule has 7 heteroatoms. The number of rotatable bonds is 5. The highest BCUT2D eigenvalue weighted by molar-refractivity contribution is 6.31. The Kier molecular flexibility index (Phi) is 5.04. The van der Waals surface area contributed by atoms with Crippen molar-refractivity contribution in [3.63, 3.8) is 0 Å². The molecule has 1 aromatic carbocycles. The van der Waals surface area contributed by atoms with Crippen molar-refractivity contribution in [2.75, 3.05) is 19.8 Å².